The Morgan fingerprint density at radius 2 is 1.82 bits per heavy atom. The number of amides is 1. The number of rotatable bonds is 6. The van der Waals surface area contributed by atoms with Crippen molar-refractivity contribution in [3.05, 3.63) is 47.0 Å². The summed E-state index contributed by atoms with van der Waals surface area (Å²) in [5.41, 5.74) is 3.84. The minimum absolute atomic E-state index is 0.186. The van der Waals surface area contributed by atoms with Crippen LogP contribution in [0.15, 0.2) is 29.4 Å². The molecule has 0 saturated carbocycles. The largest absolute Gasteiger partial charge is 0.326 e. The Bertz CT molecular complexity index is 1280. The number of fused-ring (bicyclic) bond motifs is 1. The van der Waals surface area contributed by atoms with E-state index in [2.05, 4.69) is 20.4 Å². The summed E-state index contributed by atoms with van der Waals surface area (Å²) in [6, 6.07) is 5.07. The van der Waals surface area contributed by atoms with Gasteiger partial charge in [-0.05, 0) is 63.3 Å². The predicted octanol–water partition coefficient (Wildman–Crippen LogP) is 3.19. The van der Waals surface area contributed by atoms with Crippen molar-refractivity contribution < 1.29 is 13.2 Å². The standard InChI is InChI=1S/C23H30N6O3S/c1-16-8-9-19(14-21(16)33(31,32)28-12-6-4-5-7-13-28)27-22(30)11-10-20-17(2)26-23-24-15-25-29(23)18(20)3/h8-9,14-15H,4-7,10-13H2,1-3H3,(H,27,30). The molecule has 33 heavy (non-hydrogen) atoms. The molecule has 0 bridgehead atoms. The van der Waals surface area contributed by atoms with Gasteiger partial charge in [0.1, 0.15) is 6.33 Å². The van der Waals surface area contributed by atoms with Crippen LogP contribution >= 0.6 is 0 Å². The van der Waals surface area contributed by atoms with Crippen molar-refractivity contribution in [1.82, 2.24) is 23.9 Å². The molecule has 1 aliphatic heterocycles. The third-order valence-corrected chi connectivity index (χ3v) is 8.29. The van der Waals surface area contributed by atoms with Crippen LogP contribution in [0.5, 0.6) is 0 Å². The summed E-state index contributed by atoms with van der Waals surface area (Å²) < 4.78 is 29.8. The van der Waals surface area contributed by atoms with Gasteiger partial charge >= 0.3 is 0 Å². The number of anilines is 1. The molecule has 0 spiro atoms. The van der Waals surface area contributed by atoms with Crippen molar-refractivity contribution in [1.29, 1.82) is 0 Å². The molecule has 1 aliphatic rings. The summed E-state index contributed by atoms with van der Waals surface area (Å²) >= 11 is 0. The molecule has 1 N–H and O–H groups in total. The molecular weight excluding hydrogens is 440 g/mol. The minimum atomic E-state index is -3.60. The van der Waals surface area contributed by atoms with Crippen LogP contribution in [0.2, 0.25) is 0 Å². The van der Waals surface area contributed by atoms with Gasteiger partial charge < -0.3 is 5.32 Å². The third kappa shape index (κ3) is 4.91. The lowest BCUT2D eigenvalue weighted by atomic mass is 10.1. The molecule has 176 valence electrons. The average molecular weight is 471 g/mol. The topological polar surface area (TPSA) is 110 Å². The van der Waals surface area contributed by atoms with Gasteiger partial charge in [-0.2, -0.15) is 14.4 Å². The highest BCUT2D eigenvalue weighted by atomic mass is 32.2. The van der Waals surface area contributed by atoms with Crippen molar-refractivity contribution in [2.45, 2.75) is 64.2 Å². The summed E-state index contributed by atoms with van der Waals surface area (Å²) in [5.74, 6) is 0.352. The maximum Gasteiger partial charge on any atom is 0.252 e. The first kappa shape index (κ1) is 23.3. The van der Waals surface area contributed by atoms with Crippen LogP contribution in [0, 0.1) is 20.8 Å². The monoisotopic (exact) mass is 470 g/mol. The van der Waals surface area contributed by atoms with Crippen molar-refractivity contribution in [2.75, 3.05) is 18.4 Å². The Labute approximate surface area is 194 Å². The van der Waals surface area contributed by atoms with E-state index in [1.165, 1.54) is 6.33 Å². The summed E-state index contributed by atoms with van der Waals surface area (Å²) in [6.07, 6.45) is 6.06. The fourth-order valence-electron chi connectivity index (χ4n) is 4.36. The number of benzene rings is 1. The Hall–Kier alpha value is -2.85. The minimum Gasteiger partial charge on any atom is -0.326 e. The van der Waals surface area contributed by atoms with Gasteiger partial charge in [-0.25, -0.2) is 17.9 Å². The van der Waals surface area contributed by atoms with Crippen LogP contribution in [0.4, 0.5) is 5.69 Å². The van der Waals surface area contributed by atoms with E-state index in [-0.39, 0.29) is 17.2 Å². The summed E-state index contributed by atoms with van der Waals surface area (Å²) in [5, 5.41) is 7.04. The number of carbonyl (C=O) groups excluding carboxylic acids is 1. The van der Waals surface area contributed by atoms with Crippen LogP contribution in [-0.2, 0) is 21.2 Å². The van der Waals surface area contributed by atoms with E-state index in [1.807, 2.05) is 13.8 Å². The van der Waals surface area contributed by atoms with Crippen LogP contribution in [-0.4, -0.2) is 51.3 Å². The Balaban J connectivity index is 1.48. The second-order valence-electron chi connectivity index (χ2n) is 8.58. The first-order valence-corrected chi connectivity index (χ1v) is 12.8. The average Bonchev–Trinajstić information content (AvgIpc) is 3.06. The number of sulfonamides is 1. The van der Waals surface area contributed by atoms with Gasteiger partial charge in [-0.15, -0.1) is 0 Å². The molecule has 1 saturated heterocycles. The molecule has 1 fully saturated rings. The van der Waals surface area contributed by atoms with E-state index in [0.29, 0.717) is 36.5 Å². The van der Waals surface area contributed by atoms with Gasteiger partial charge in [-0.3, -0.25) is 4.79 Å². The zero-order valence-corrected chi connectivity index (χ0v) is 20.2. The molecule has 3 heterocycles. The number of nitrogens with one attached hydrogen (secondary N) is 1. The zero-order chi connectivity index (χ0) is 23.6. The Morgan fingerprint density at radius 3 is 2.55 bits per heavy atom. The van der Waals surface area contributed by atoms with Crippen molar-refractivity contribution >= 4 is 27.4 Å². The van der Waals surface area contributed by atoms with E-state index >= 15 is 0 Å². The van der Waals surface area contributed by atoms with Gasteiger partial charge in [0, 0.05) is 36.6 Å². The molecule has 10 heteroatoms. The van der Waals surface area contributed by atoms with Crippen LogP contribution in [0.1, 0.15) is 54.6 Å². The third-order valence-electron chi connectivity index (χ3n) is 6.25. The number of aryl methyl sites for hydroxylation is 3. The smallest absolute Gasteiger partial charge is 0.252 e. The summed E-state index contributed by atoms with van der Waals surface area (Å²) in [4.78, 5) is 21.5. The SMILES string of the molecule is Cc1ccc(NC(=O)CCc2c(C)nc3ncnn3c2C)cc1S(=O)(=O)N1CCCCCC1. The molecular formula is C23H30N6O3S. The lowest BCUT2D eigenvalue weighted by molar-refractivity contribution is -0.116. The van der Waals surface area contributed by atoms with Gasteiger partial charge in [-0.1, -0.05) is 18.9 Å². The highest BCUT2D eigenvalue weighted by Gasteiger charge is 2.27. The van der Waals surface area contributed by atoms with E-state index in [9.17, 15) is 13.2 Å². The van der Waals surface area contributed by atoms with Crippen LogP contribution < -0.4 is 5.32 Å². The highest BCUT2D eigenvalue weighted by Crippen LogP contribution is 2.26. The maximum atomic E-state index is 13.3. The molecule has 0 atom stereocenters. The zero-order valence-electron chi connectivity index (χ0n) is 19.3. The molecule has 9 nitrogen and oxygen atoms in total. The van der Waals surface area contributed by atoms with E-state index < -0.39 is 10.0 Å². The second kappa shape index (κ2) is 9.56. The maximum absolute atomic E-state index is 13.3. The van der Waals surface area contributed by atoms with E-state index in [0.717, 1.165) is 42.6 Å². The number of hydrogen-bond donors (Lipinski definition) is 1. The Kier molecular flexibility index (Phi) is 6.76. The fourth-order valence-corrected chi connectivity index (χ4v) is 6.12. The van der Waals surface area contributed by atoms with E-state index in [4.69, 9.17) is 0 Å². The van der Waals surface area contributed by atoms with Gasteiger partial charge in [0.2, 0.25) is 15.9 Å². The Morgan fingerprint density at radius 1 is 1.09 bits per heavy atom. The first-order valence-electron chi connectivity index (χ1n) is 11.3. The number of nitrogens with zero attached hydrogens (tertiary/aromatic N) is 5. The molecule has 0 radical (unpaired) electrons. The molecule has 3 aromatic rings. The number of carbonyl (C=O) groups is 1. The van der Waals surface area contributed by atoms with Crippen molar-refractivity contribution in [2.24, 2.45) is 0 Å². The molecule has 1 amide bonds. The molecule has 0 aliphatic carbocycles. The van der Waals surface area contributed by atoms with E-state index in [1.54, 1.807) is 33.9 Å². The summed E-state index contributed by atoms with van der Waals surface area (Å²) in [6.45, 7) is 6.70. The highest BCUT2D eigenvalue weighted by molar-refractivity contribution is 7.89. The first-order chi connectivity index (χ1) is 15.8. The van der Waals surface area contributed by atoms with Crippen LogP contribution in [0.25, 0.3) is 5.78 Å². The normalized spacial score (nSPS) is 15.5. The van der Waals surface area contributed by atoms with Crippen molar-refractivity contribution in [3.63, 3.8) is 0 Å². The molecule has 1 aromatic carbocycles. The predicted molar refractivity (Wildman–Crippen MR) is 126 cm³/mol. The summed E-state index contributed by atoms with van der Waals surface area (Å²) in [7, 11) is -3.60. The number of hydrogen-bond acceptors (Lipinski definition) is 6. The lowest BCUT2D eigenvalue weighted by Gasteiger charge is -2.21. The molecule has 4 rings (SSSR count). The van der Waals surface area contributed by atoms with Crippen molar-refractivity contribution in [3.8, 4) is 0 Å². The quantitative estimate of drug-likeness (QED) is 0.593. The van der Waals surface area contributed by atoms with Gasteiger partial charge in [0.25, 0.3) is 5.78 Å². The molecule has 2 aromatic heterocycles. The van der Waals surface area contributed by atoms with Gasteiger partial charge in [0.15, 0.2) is 0 Å². The van der Waals surface area contributed by atoms with Crippen LogP contribution in [0.3, 0.4) is 0 Å². The molecule has 0 unspecified atom stereocenters. The van der Waals surface area contributed by atoms with Gasteiger partial charge in [0.05, 0.1) is 4.90 Å². The number of aromatic nitrogens is 4. The fraction of sp³-hybridized carbons (Fsp3) is 0.478. The second-order valence-corrected chi connectivity index (χ2v) is 10.5. The lowest BCUT2D eigenvalue weighted by Crippen LogP contribution is -2.32.